The molecule has 0 aliphatic carbocycles. The molecule has 0 amide bonds. The Morgan fingerprint density at radius 3 is 2.86 bits per heavy atom. The summed E-state index contributed by atoms with van der Waals surface area (Å²) in [5.41, 5.74) is 0. The van der Waals surface area contributed by atoms with E-state index in [-0.39, 0.29) is 24.3 Å². The lowest BCUT2D eigenvalue weighted by Crippen LogP contribution is -2.46. The number of Topliss-reactive ketones (excluding diaryl/α,β-unsaturated/α-hetero) is 1. The summed E-state index contributed by atoms with van der Waals surface area (Å²) in [6.07, 6.45) is 3.34. The molecule has 1 fully saturated rings. The van der Waals surface area contributed by atoms with Gasteiger partial charge in [-0.3, -0.25) is 9.69 Å². The van der Waals surface area contributed by atoms with E-state index in [1.54, 1.807) is 6.92 Å². The van der Waals surface area contributed by atoms with Crippen LogP contribution in [0.15, 0.2) is 0 Å². The fourth-order valence-electron chi connectivity index (χ4n) is 2.13. The van der Waals surface area contributed by atoms with Gasteiger partial charge in [-0.2, -0.15) is 0 Å². The van der Waals surface area contributed by atoms with Crippen LogP contribution in [0.5, 0.6) is 0 Å². The molecule has 2 unspecified atom stereocenters. The lowest BCUT2D eigenvalue weighted by atomic mass is 9.98. The van der Waals surface area contributed by atoms with E-state index in [1.165, 1.54) is 6.42 Å². The molecular formula is C11H21NO2. The summed E-state index contributed by atoms with van der Waals surface area (Å²) < 4.78 is 0. The zero-order valence-corrected chi connectivity index (χ0v) is 9.20. The van der Waals surface area contributed by atoms with Crippen LogP contribution >= 0.6 is 0 Å². The quantitative estimate of drug-likeness (QED) is 0.736. The van der Waals surface area contributed by atoms with E-state index in [2.05, 4.69) is 4.90 Å². The maximum Gasteiger partial charge on any atom is 0.146 e. The van der Waals surface area contributed by atoms with Gasteiger partial charge in [0.1, 0.15) is 5.78 Å². The van der Waals surface area contributed by atoms with Crippen molar-refractivity contribution >= 4 is 5.78 Å². The minimum atomic E-state index is 0.109. The van der Waals surface area contributed by atoms with Crippen LogP contribution in [0.2, 0.25) is 0 Å². The monoisotopic (exact) mass is 199 g/mol. The smallest absolute Gasteiger partial charge is 0.146 e. The Morgan fingerprint density at radius 1 is 1.57 bits per heavy atom. The van der Waals surface area contributed by atoms with Crippen molar-refractivity contribution in [1.29, 1.82) is 0 Å². The van der Waals surface area contributed by atoms with Crippen molar-refractivity contribution in [3.05, 3.63) is 0 Å². The molecule has 3 heteroatoms. The number of likely N-dealkylation sites (tertiary alicyclic amines) is 1. The predicted octanol–water partition coefficient (Wildman–Crippen LogP) is 1.06. The highest BCUT2D eigenvalue weighted by molar-refractivity contribution is 5.81. The molecule has 3 nitrogen and oxygen atoms in total. The van der Waals surface area contributed by atoms with Crippen molar-refractivity contribution < 1.29 is 9.90 Å². The van der Waals surface area contributed by atoms with E-state index in [4.69, 9.17) is 5.11 Å². The van der Waals surface area contributed by atoms with Crippen molar-refractivity contribution in [1.82, 2.24) is 4.90 Å². The average Bonchev–Trinajstić information content (AvgIpc) is 2.18. The molecule has 1 N–H and O–H groups in total. The van der Waals surface area contributed by atoms with Crippen molar-refractivity contribution in [2.45, 2.75) is 39.2 Å². The number of carbonyl (C=O) groups is 1. The van der Waals surface area contributed by atoms with Crippen LogP contribution in [0.25, 0.3) is 0 Å². The molecule has 2 atom stereocenters. The number of nitrogens with zero attached hydrogens (tertiary/aromatic N) is 1. The third-order valence-electron chi connectivity index (χ3n) is 2.94. The van der Waals surface area contributed by atoms with Gasteiger partial charge in [-0.05, 0) is 32.2 Å². The molecule has 0 saturated carbocycles. The van der Waals surface area contributed by atoms with Gasteiger partial charge in [-0.1, -0.05) is 13.3 Å². The van der Waals surface area contributed by atoms with E-state index < -0.39 is 0 Å². The second-order valence-electron chi connectivity index (χ2n) is 4.40. The predicted molar refractivity (Wildman–Crippen MR) is 56.1 cm³/mol. The number of ketones is 1. The van der Waals surface area contributed by atoms with Crippen LogP contribution in [0.3, 0.4) is 0 Å². The van der Waals surface area contributed by atoms with Gasteiger partial charge in [0.2, 0.25) is 0 Å². The molecule has 1 rings (SSSR count). The zero-order valence-electron chi connectivity index (χ0n) is 9.20. The van der Waals surface area contributed by atoms with Crippen molar-refractivity contribution in [2.75, 3.05) is 19.7 Å². The summed E-state index contributed by atoms with van der Waals surface area (Å²) in [5, 5.41) is 8.98. The van der Waals surface area contributed by atoms with Gasteiger partial charge in [0.05, 0.1) is 6.04 Å². The summed E-state index contributed by atoms with van der Waals surface area (Å²) in [6, 6.07) is 0.109. The second-order valence-corrected chi connectivity index (χ2v) is 4.40. The van der Waals surface area contributed by atoms with Gasteiger partial charge < -0.3 is 5.11 Å². The first kappa shape index (κ1) is 11.7. The van der Waals surface area contributed by atoms with Gasteiger partial charge in [-0.25, -0.2) is 0 Å². The number of piperidine rings is 1. The molecule has 0 bridgehead atoms. The summed E-state index contributed by atoms with van der Waals surface area (Å²) >= 11 is 0. The second kappa shape index (κ2) is 5.47. The third-order valence-corrected chi connectivity index (χ3v) is 2.94. The lowest BCUT2D eigenvalue weighted by molar-refractivity contribution is -0.123. The molecule has 0 aromatic heterocycles. The molecular weight excluding hydrogens is 178 g/mol. The summed E-state index contributed by atoms with van der Waals surface area (Å²) in [5.74, 6) is 0.546. The van der Waals surface area contributed by atoms with Gasteiger partial charge >= 0.3 is 0 Å². The highest BCUT2D eigenvalue weighted by Gasteiger charge is 2.26. The first-order valence-electron chi connectivity index (χ1n) is 5.50. The fourth-order valence-corrected chi connectivity index (χ4v) is 2.13. The van der Waals surface area contributed by atoms with E-state index in [9.17, 15) is 4.79 Å². The molecule has 1 saturated heterocycles. The van der Waals surface area contributed by atoms with Crippen LogP contribution in [0.4, 0.5) is 0 Å². The van der Waals surface area contributed by atoms with Gasteiger partial charge in [-0.15, -0.1) is 0 Å². The maximum absolute atomic E-state index is 11.4. The number of rotatable bonds is 4. The number of hydrogen-bond donors (Lipinski definition) is 1. The normalized spacial score (nSPS) is 26.1. The maximum atomic E-state index is 11.4. The number of aliphatic hydroxyl groups excluding tert-OH is 1. The van der Waals surface area contributed by atoms with Crippen LogP contribution < -0.4 is 0 Å². The highest BCUT2D eigenvalue weighted by atomic mass is 16.3. The highest BCUT2D eigenvalue weighted by Crippen LogP contribution is 2.18. The molecule has 0 aromatic carbocycles. The van der Waals surface area contributed by atoms with Crippen molar-refractivity contribution in [3.63, 3.8) is 0 Å². The summed E-state index contributed by atoms with van der Waals surface area (Å²) in [7, 11) is 0. The number of hydrogen-bond acceptors (Lipinski definition) is 3. The molecule has 1 heterocycles. The Labute approximate surface area is 86.1 Å². The summed E-state index contributed by atoms with van der Waals surface area (Å²) in [6.45, 7) is 5.76. The molecule has 0 aromatic rings. The lowest BCUT2D eigenvalue weighted by Gasteiger charge is -2.35. The first-order chi connectivity index (χ1) is 6.65. The molecule has 82 valence electrons. The fraction of sp³-hybridized carbons (Fsp3) is 0.909. The first-order valence-corrected chi connectivity index (χ1v) is 5.50. The Balaban J connectivity index is 2.49. The van der Waals surface area contributed by atoms with Crippen LogP contribution in [-0.4, -0.2) is 41.5 Å². The molecule has 1 aliphatic heterocycles. The van der Waals surface area contributed by atoms with E-state index >= 15 is 0 Å². The van der Waals surface area contributed by atoms with E-state index in [0.29, 0.717) is 0 Å². The molecule has 0 spiro atoms. The van der Waals surface area contributed by atoms with E-state index in [1.807, 2.05) is 6.92 Å². The van der Waals surface area contributed by atoms with Crippen molar-refractivity contribution in [3.8, 4) is 0 Å². The van der Waals surface area contributed by atoms with Crippen LogP contribution in [0, 0.1) is 5.92 Å². The van der Waals surface area contributed by atoms with Gasteiger partial charge in [0.15, 0.2) is 0 Å². The van der Waals surface area contributed by atoms with Gasteiger partial charge in [0.25, 0.3) is 0 Å². The van der Waals surface area contributed by atoms with Crippen LogP contribution in [-0.2, 0) is 4.79 Å². The van der Waals surface area contributed by atoms with Crippen molar-refractivity contribution in [2.24, 2.45) is 5.92 Å². The minimum Gasteiger partial charge on any atom is -0.396 e. The number of aliphatic hydroxyl groups is 1. The van der Waals surface area contributed by atoms with E-state index in [0.717, 1.165) is 25.9 Å². The Kier molecular flexibility index (Phi) is 4.55. The van der Waals surface area contributed by atoms with Gasteiger partial charge in [0, 0.05) is 13.2 Å². The minimum absolute atomic E-state index is 0.109. The Hall–Kier alpha value is -0.410. The SMILES string of the molecule is CC(=O)C1CCCCN1CC(C)CO. The topological polar surface area (TPSA) is 40.5 Å². The Morgan fingerprint density at radius 2 is 2.29 bits per heavy atom. The summed E-state index contributed by atoms with van der Waals surface area (Å²) in [4.78, 5) is 13.6. The zero-order chi connectivity index (χ0) is 10.6. The third kappa shape index (κ3) is 3.07. The average molecular weight is 199 g/mol. The number of carbonyl (C=O) groups excluding carboxylic acids is 1. The largest absolute Gasteiger partial charge is 0.396 e. The standard InChI is InChI=1S/C11H21NO2/c1-9(8-13)7-12-6-4-3-5-11(12)10(2)14/h9,11,13H,3-8H2,1-2H3. The Bertz CT molecular complexity index is 194. The molecule has 14 heavy (non-hydrogen) atoms. The molecule has 0 radical (unpaired) electrons. The van der Waals surface area contributed by atoms with Crippen LogP contribution in [0.1, 0.15) is 33.1 Å². The molecule has 1 aliphatic rings.